The molecule has 3 rings (SSSR count). The van der Waals surface area contributed by atoms with Crippen molar-refractivity contribution in [3.8, 4) is 0 Å². The Kier molecular flexibility index (Phi) is 5.14. The topological polar surface area (TPSA) is 57.6 Å². The number of likely N-dealkylation sites (tertiary alicyclic amines) is 1. The highest BCUT2D eigenvalue weighted by Gasteiger charge is 2.46. The van der Waals surface area contributed by atoms with Crippen molar-refractivity contribution < 1.29 is 14.7 Å². The predicted octanol–water partition coefficient (Wildman–Crippen LogP) is 4.42. The van der Waals surface area contributed by atoms with Crippen molar-refractivity contribution in [2.45, 2.75) is 19.9 Å². The SMILES string of the molecule is CC(C)CN1C(=O)C(=O)C(=C(O)c2ccc(Cl)cc2)C1c1ccccc1. The first-order valence-corrected chi connectivity index (χ1v) is 8.87. The molecule has 0 spiro atoms. The molecule has 1 aliphatic rings. The summed E-state index contributed by atoms with van der Waals surface area (Å²) in [6.45, 7) is 4.41. The van der Waals surface area contributed by atoms with Gasteiger partial charge in [-0.1, -0.05) is 55.8 Å². The molecule has 1 aliphatic heterocycles. The summed E-state index contributed by atoms with van der Waals surface area (Å²) in [5.41, 5.74) is 1.37. The summed E-state index contributed by atoms with van der Waals surface area (Å²) in [7, 11) is 0. The second-order valence-electron chi connectivity index (χ2n) is 6.76. The number of aliphatic hydroxyl groups excluding tert-OH is 1. The Balaban J connectivity index is 2.17. The van der Waals surface area contributed by atoms with Crippen LogP contribution in [0.1, 0.15) is 31.0 Å². The number of benzene rings is 2. The Morgan fingerprint density at radius 3 is 2.27 bits per heavy atom. The van der Waals surface area contributed by atoms with E-state index in [0.717, 1.165) is 5.56 Å². The molecule has 2 aromatic carbocycles. The lowest BCUT2D eigenvalue weighted by Gasteiger charge is -2.26. The minimum atomic E-state index is -0.660. The van der Waals surface area contributed by atoms with Gasteiger partial charge in [0.25, 0.3) is 11.7 Å². The van der Waals surface area contributed by atoms with Gasteiger partial charge in [-0.15, -0.1) is 0 Å². The third kappa shape index (κ3) is 3.37. The lowest BCUT2D eigenvalue weighted by Crippen LogP contribution is -2.33. The molecule has 1 saturated heterocycles. The number of nitrogens with zero attached hydrogens (tertiary/aromatic N) is 1. The van der Waals surface area contributed by atoms with Crippen LogP contribution in [0.3, 0.4) is 0 Å². The van der Waals surface area contributed by atoms with E-state index < -0.39 is 17.7 Å². The van der Waals surface area contributed by atoms with Crippen LogP contribution < -0.4 is 0 Å². The molecule has 0 radical (unpaired) electrons. The minimum absolute atomic E-state index is 0.115. The van der Waals surface area contributed by atoms with Gasteiger partial charge in [-0.3, -0.25) is 9.59 Å². The molecule has 1 N–H and O–H groups in total. The van der Waals surface area contributed by atoms with E-state index in [0.29, 0.717) is 17.1 Å². The van der Waals surface area contributed by atoms with Gasteiger partial charge in [0.05, 0.1) is 11.6 Å². The quantitative estimate of drug-likeness (QED) is 0.493. The number of aliphatic hydroxyl groups is 1. The van der Waals surface area contributed by atoms with Crippen molar-refractivity contribution in [1.29, 1.82) is 0 Å². The number of halogens is 1. The van der Waals surface area contributed by atoms with Crippen molar-refractivity contribution in [2.24, 2.45) is 5.92 Å². The maximum Gasteiger partial charge on any atom is 0.295 e. The van der Waals surface area contributed by atoms with Crippen molar-refractivity contribution in [1.82, 2.24) is 4.90 Å². The third-order valence-electron chi connectivity index (χ3n) is 4.33. The van der Waals surface area contributed by atoms with Gasteiger partial charge >= 0.3 is 0 Å². The van der Waals surface area contributed by atoms with Crippen molar-refractivity contribution in [3.63, 3.8) is 0 Å². The van der Waals surface area contributed by atoms with E-state index in [4.69, 9.17) is 11.6 Å². The maximum atomic E-state index is 12.7. The number of hydrogen-bond acceptors (Lipinski definition) is 3. The van der Waals surface area contributed by atoms with Gasteiger partial charge in [0.15, 0.2) is 0 Å². The number of ketones is 1. The van der Waals surface area contributed by atoms with E-state index in [1.165, 1.54) is 0 Å². The highest BCUT2D eigenvalue weighted by molar-refractivity contribution is 6.46. The Bertz CT molecular complexity index is 857. The number of carbonyl (C=O) groups excluding carboxylic acids is 2. The molecule has 0 bridgehead atoms. The van der Waals surface area contributed by atoms with E-state index in [1.54, 1.807) is 29.2 Å². The van der Waals surface area contributed by atoms with Gasteiger partial charge in [-0.05, 0) is 35.7 Å². The average molecular weight is 370 g/mol. The molecule has 134 valence electrons. The van der Waals surface area contributed by atoms with Crippen LogP contribution in [0.5, 0.6) is 0 Å². The Morgan fingerprint density at radius 1 is 1.08 bits per heavy atom. The highest BCUT2D eigenvalue weighted by atomic mass is 35.5. The normalized spacial score (nSPS) is 19.4. The van der Waals surface area contributed by atoms with Crippen LogP contribution in [0.2, 0.25) is 5.02 Å². The summed E-state index contributed by atoms with van der Waals surface area (Å²) in [6.07, 6.45) is 0. The van der Waals surface area contributed by atoms with Crippen LogP contribution in [0, 0.1) is 5.92 Å². The molecule has 5 heteroatoms. The molecule has 1 heterocycles. The molecule has 1 atom stereocenters. The van der Waals surface area contributed by atoms with Crippen molar-refractivity contribution in [3.05, 3.63) is 76.3 Å². The van der Waals surface area contributed by atoms with Gasteiger partial charge in [0, 0.05) is 17.1 Å². The summed E-state index contributed by atoms with van der Waals surface area (Å²) >= 11 is 5.91. The van der Waals surface area contributed by atoms with Crippen molar-refractivity contribution in [2.75, 3.05) is 6.54 Å². The van der Waals surface area contributed by atoms with E-state index in [-0.39, 0.29) is 17.3 Å². The Labute approximate surface area is 157 Å². The summed E-state index contributed by atoms with van der Waals surface area (Å²) in [5.74, 6) is -1.23. The van der Waals surface area contributed by atoms with E-state index in [9.17, 15) is 14.7 Å². The zero-order valence-corrected chi connectivity index (χ0v) is 15.4. The molecular formula is C21H20ClNO3. The summed E-state index contributed by atoms with van der Waals surface area (Å²) in [6, 6.07) is 15.2. The van der Waals surface area contributed by atoms with Crippen LogP contribution in [0.25, 0.3) is 5.76 Å². The fraction of sp³-hybridized carbons (Fsp3) is 0.238. The molecular weight excluding hydrogens is 350 g/mol. The zero-order chi connectivity index (χ0) is 18.8. The predicted molar refractivity (Wildman–Crippen MR) is 102 cm³/mol. The molecule has 1 unspecified atom stereocenters. The molecule has 4 nitrogen and oxygen atoms in total. The number of Topliss-reactive ketones (excluding diaryl/α,β-unsaturated/α-hetero) is 1. The number of rotatable bonds is 4. The van der Waals surface area contributed by atoms with Gasteiger partial charge < -0.3 is 10.0 Å². The first-order valence-electron chi connectivity index (χ1n) is 8.49. The van der Waals surface area contributed by atoms with Gasteiger partial charge in [0.1, 0.15) is 5.76 Å². The van der Waals surface area contributed by atoms with Gasteiger partial charge in [-0.25, -0.2) is 0 Å². The zero-order valence-electron chi connectivity index (χ0n) is 14.6. The van der Waals surface area contributed by atoms with Crippen LogP contribution >= 0.6 is 11.6 Å². The Morgan fingerprint density at radius 2 is 1.69 bits per heavy atom. The average Bonchev–Trinajstić information content (AvgIpc) is 2.87. The summed E-state index contributed by atoms with van der Waals surface area (Å²) in [5, 5.41) is 11.3. The molecule has 1 fully saturated rings. The highest BCUT2D eigenvalue weighted by Crippen LogP contribution is 2.39. The second-order valence-corrected chi connectivity index (χ2v) is 7.20. The van der Waals surface area contributed by atoms with E-state index in [1.807, 2.05) is 44.2 Å². The van der Waals surface area contributed by atoms with Crippen molar-refractivity contribution >= 4 is 29.1 Å². The van der Waals surface area contributed by atoms with E-state index >= 15 is 0 Å². The second kappa shape index (κ2) is 7.34. The standard InChI is InChI=1S/C21H20ClNO3/c1-13(2)12-23-18(14-6-4-3-5-7-14)17(20(25)21(23)26)19(24)15-8-10-16(22)11-9-15/h3-11,13,18,24H,12H2,1-2H3. The summed E-state index contributed by atoms with van der Waals surface area (Å²) < 4.78 is 0. The van der Waals surface area contributed by atoms with Gasteiger partial charge in [0.2, 0.25) is 0 Å². The fourth-order valence-corrected chi connectivity index (χ4v) is 3.33. The molecule has 0 aliphatic carbocycles. The van der Waals surface area contributed by atoms with E-state index in [2.05, 4.69) is 0 Å². The van der Waals surface area contributed by atoms with Crippen LogP contribution in [0.4, 0.5) is 0 Å². The number of hydrogen-bond donors (Lipinski definition) is 1. The number of amides is 1. The number of carbonyl (C=O) groups is 2. The molecule has 2 aromatic rings. The first kappa shape index (κ1) is 18.2. The first-order chi connectivity index (χ1) is 12.4. The maximum absolute atomic E-state index is 12.7. The smallest absolute Gasteiger partial charge is 0.295 e. The van der Waals surface area contributed by atoms with Crippen LogP contribution in [0.15, 0.2) is 60.2 Å². The molecule has 0 aromatic heterocycles. The van der Waals surface area contributed by atoms with Crippen LogP contribution in [-0.2, 0) is 9.59 Å². The minimum Gasteiger partial charge on any atom is -0.507 e. The lowest BCUT2D eigenvalue weighted by molar-refractivity contribution is -0.140. The fourth-order valence-electron chi connectivity index (χ4n) is 3.21. The summed E-state index contributed by atoms with van der Waals surface area (Å²) in [4.78, 5) is 26.9. The van der Waals surface area contributed by atoms with Crippen LogP contribution in [-0.4, -0.2) is 28.2 Å². The largest absolute Gasteiger partial charge is 0.507 e. The molecule has 26 heavy (non-hydrogen) atoms. The Hall–Kier alpha value is -2.59. The van der Waals surface area contributed by atoms with Gasteiger partial charge in [-0.2, -0.15) is 0 Å². The monoisotopic (exact) mass is 369 g/mol. The lowest BCUT2D eigenvalue weighted by atomic mass is 9.95. The molecule has 1 amide bonds. The molecule has 0 saturated carbocycles. The third-order valence-corrected chi connectivity index (χ3v) is 4.59.